The number of nitrogen functional groups attached to an aromatic ring is 1. The lowest BCUT2D eigenvalue weighted by Gasteiger charge is -2.46. The monoisotopic (exact) mass is 570 g/mol. The summed E-state index contributed by atoms with van der Waals surface area (Å²) in [5, 5.41) is 11.3. The van der Waals surface area contributed by atoms with Gasteiger partial charge in [-0.15, -0.1) is 4.72 Å². The van der Waals surface area contributed by atoms with E-state index >= 15 is 0 Å². The van der Waals surface area contributed by atoms with Crippen LogP contribution < -0.4 is 15.4 Å². The number of aromatic nitrogens is 3. The summed E-state index contributed by atoms with van der Waals surface area (Å²) in [6, 6.07) is 8.38. The zero-order valence-corrected chi connectivity index (χ0v) is 24.0. The van der Waals surface area contributed by atoms with Crippen LogP contribution in [0.15, 0.2) is 40.4 Å². The topological polar surface area (TPSA) is 123 Å². The lowest BCUT2D eigenvalue weighted by molar-refractivity contribution is 0.172. The number of pyridine rings is 1. The molecule has 3 aliphatic rings. The van der Waals surface area contributed by atoms with Crippen LogP contribution in [-0.2, 0) is 29.1 Å². The van der Waals surface area contributed by atoms with Crippen molar-refractivity contribution in [3.05, 3.63) is 63.6 Å². The van der Waals surface area contributed by atoms with E-state index in [0.717, 1.165) is 48.8 Å². The van der Waals surface area contributed by atoms with E-state index < -0.39 is 16.1 Å². The van der Waals surface area contributed by atoms with Crippen molar-refractivity contribution in [2.24, 2.45) is 5.41 Å². The van der Waals surface area contributed by atoms with Crippen molar-refractivity contribution in [1.29, 1.82) is 0 Å². The second-order valence-corrected chi connectivity index (χ2v) is 14.1. The summed E-state index contributed by atoms with van der Waals surface area (Å²) >= 11 is 6.55. The molecule has 6 rings (SSSR count). The molecule has 2 aromatic heterocycles. The number of fused-ring (bicyclic) bond motifs is 1. The van der Waals surface area contributed by atoms with E-state index in [0.29, 0.717) is 15.7 Å². The predicted octanol–water partition coefficient (Wildman–Crippen LogP) is 4.45. The van der Waals surface area contributed by atoms with Gasteiger partial charge in [0.1, 0.15) is 16.5 Å². The molecule has 0 saturated carbocycles. The van der Waals surface area contributed by atoms with Crippen molar-refractivity contribution >= 4 is 46.4 Å². The van der Waals surface area contributed by atoms with Crippen LogP contribution in [0.5, 0.6) is 0 Å². The number of aliphatic hydroxyl groups is 1. The average molecular weight is 571 g/mol. The lowest BCUT2D eigenvalue weighted by Crippen LogP contribution is -2.53. The van der Waals surface area contributed by atoms with E-state index in [4.69, 9.17) is 27.3 Å². The minimum atomic E-state index is -1.15. The Hall–Kier alpha value is -2.08. The first-order valence-corrected chi connectivity index (χ1v) is 15.1. The van der Waals surface area contributed by atoms with Gasteiger partial charge in [0.05, 0.1) is 23.4 Å². The molecule has 1 unspecified atom stereocenters. The van der Waals surface area contributed by atoms with E-state index in [2.05, 4.69) is 46.7 Å². The molecule has 8 nitrogen and oxygen atoms in total. The van der Waals surface area contributed by atoms with Crippen LogP contribution in [0, 0.1) is 12.3 Å². The third-order valence-corrected chi connectivity index (χ3v) is 11.6. The molecule has 3 aromatic rings. The number of benzene rings is 1. The molecule has 1 spiro atoms. The molecule has 0 radical (unpaired) electrons. The van der Waals surface area contributed by atoms with Crippen molar-refractivity contribution in [2.75, 3.05) is 23.7 Å². The number of hydrogen-bond donors (Lipinski definition) is 3. The van der Waals surface area contributed by atoms with Crippen molar-refractivity contribution in [1.82, 2.24) is 19.7 Å². The number of rotatable bonds is 4. The largest absolute Gasteiger partial charge is 0.597 e. The maximum Gasteiger partial charge on any atom is 0.164 e. The summed E-state index contributed by atoms with van der Waals surface area (Å²) in [5.41, 5.74) is 11.1. The van der Waals surface area contributed by atoms with Gasteiger partial charge in [-0.2, -0.15) is 0 Å². The van der Waals surface area contributed by atoms with Gasteiger partial charge in [-0.3, -0.25) is 0 Å². The lowest BCUT2D eigenvalue weighted by atomic mass is 9.72. The fourth-order valence-corrected chi connectivity index (χ4v) is 8.56. The molecule has 1 saturated heterocycles. The molecular weight excluding hydrogens is 540 g/mol. The van der Waals surface area contributed by atoms with Crippen molar-refractivity contribution in [3.8, 4) is 0 Å². The average Bonchev–Trinajstić information content (AvgIpc) is 3.19. The van der Waals surface area contributed by atoms with Crippen molar-refractivity contribution in [2.45, 2.75) is 67.4 Å². The Labute approximate surface area is 235 Å². The van der Waals surface area contributed by atoms with Crippen LogP contribution in [0.25, 0.3) is 0 Å². The van der Waals surface area contributed by atoms with Crippen LogP contribution in [0.2, 0.25) is 5.02 Å². The molecule has 4 heterocycles. The number of aliphatic hydroxyl groups excluding tert-OH is 1. The smallest absolute Gasteiger partial charge is 0.164 e. The van der Waals surface area contributed by atoms with Crippen LogP contribution >= 0.6 is 23.4 Å². The maximum absolute atomic E-state index is 13.2. The predicted molar refractivity (Wildman–Crippen MR) is 152 cm³/mol. The summed E-state index contributed by atoms with van der Waals surface area (Å²) in [6.45, 7) is 7.41. The molecule has 4 N–H and O–H groups in total. The summed E-state index contributed by atoms with van der Waals surface area (Å²) in [5.74, 6) is 0.992. The highest BCUT2D eigenvalue weighted by molar-refractivity contribution is 7.99. The Morgan fingerprint density at radius 2 is 2.03 bits per heavy atom. The number of halogens is 1. The van der Waals surface area contributed by atoms with Gasteiger partial charge >= 0.3 is 0 Å². The SMILES string of the molecule is Cc1nc(N2CCC3(CC2)Cc2cccc4c2[C@H]3N[S+]([O-])C4(C)C)c(CO)nc1Sc1ccnc(N)c1Cl. The van der Waals surface area contributed by atoms with E-state index in [1.807, 2.05) is 6.92 Å². The van der Waals surface area contributed by atoms with Gasteiger partial charge in [0.15, 0.2) is 10.6 Å². The highest BCUT2D eigenvalue weighted by atomic mass is 35.5. The number of hydrogen-bond acceptors (Lipinski definition) is 9. The Balaban J connectivity index is 1.25. The van der Waals surface area contributed by atoms with Crippen molar-refractivity contribution in [3.63, 3.8) is 0 Å². The Kier molecular flexibility index (Phi) is 6.56. The molecule has 1 aromatic carbocycles. The van der Waals surface area contributed by atoms with Gasteiger partial charge < -0.3 is 20.3 Å². The fourth-order valence-electron chi connectivity index (χ4n) is 6.19. The van der Waals surface area contributed by atoms with Crippen LogP contribution in [0.1, 0.15) is 60.8 Å². The number of piperidine rings is 1. The Morgan fingerprint density at radius 3 is 2.76 bits per heavy atom. The van der Waals surface area contributed by atoms with Crippen LogP contribution in [0.3, 0.4) is 0 Å². The molecule has 11 heteroatoms. The van der Waals surface area contributed by atoms with Gasteiger partial charge in [-0.1, -0.05) is 41.6 Å². The van der Waals surface area contributed by atoms with E-state index in [1.54, 1.807) is 12.3 Å². The Bertz CT molecular complexity index is 1410. The van der Waals surface area contributed by atoms with Gasteiger partial charge in [-0.25, -0.2) is 15.0 Å². The summed E-state index contributed by atoms with van der Waals surface area (Å²) in [6.07, 6.45) is 4.46. The fraction of sp³-hybridized carbons (Fsp3) is 0.444. The van der Waals surface area contributed by atoms with Crippen molar-refractivity contribution < 1.29 is 9.66 Å². The molecule has 0 amide bonds. The molecular formula is C27H31ClN6O2S2. The molecule has 0 bridgehead atoms. The number of aryl methyl sites for hydroxylation is 1. The second-order valence-electron chi connectivity index (χ2n) is 10.9. The zero-order chi connectivity index (χ0) is 26.8. The van der Waals surface area contributed by atoms with Gasteiger partial charge in [-0.05, 0) is 57.2 Å². The van der Waals surface area contributed by atoms with E-state index in [-0.39, 0.29) is 23.9 Å². The minimum Gasteiger partial charge on any atom is -0.597 e. The number of nitrogens with one attached hydrogen (secondary N) is 1. The molecule has 1 fully saturated rings. The normalized spacial score (nSPS) is 23.1. The first kappa shape index (κ1) is 26.2. The number of nitrogens with two attached hydrogens (primary N) is 1. The van der Waals surface area contributed by atoms with Crippen LogP contribution in [-0.4, -0.2) is 37.7 Å². The first-order chi connectivity index (χ1) is 18.1. The van der Waals surface area contributed by atoms with Gasteiger partial charge in [0.25, 0.3) is 0 Å². The Morgan fingerprint density at radius 1 is 1.26 bits per heavy atom. The second kappa shape index (κ2) is 9.53. The quantitative estimate of drug-likeness (QED) is 0.390. The number of nitrogens with zero attached hydrogens (tertiary/aromatic N) is 4. The van der Waals surface area contributed by atoms with Gasteiger partial charge in [0.2, 0.25) is 0 Å². The highest BCUT2D eigenvalue weighted by Gasteiger charge is 2.56. The molecule has 200 valence electrons. The van der Waals surface area contributed by atoms with E-state index in [9.17, 15) is 9.66 Å². The van der Waals surface area contributed by atoms with Crippen LogP contribution in [0.4, 0.5) is 11.6 Å². The maximum atomic E-state index is 13.2. The molecule has 1 aliphatic carbocycles. The molecule has 2 aliphatic heterocycles. The third-order valence-electron chi connectivity index (χ3n) is 8.35. The van der Waals surface area contributed by atoms with E-state index in [1.165, 1.54) is 28.5 Å². The number of anilines is 2. The molecule has 2 atom stereocenters. The summed E-state index contributed by atoms with van der Waals surface area (Å²) in [4.78, 5) is 16.7. The standard InChI is InChI=1S/C27H31ClN6O2S2/c1-15-25(37-19-7-10-30-23(29)21(19)28)32-18(14-35)24(31-15)34-11-8-27(9-12-34)13-16-5-4-6-17-20(16)22(27)33-38(36)26(17,2)3/h4-7,10,22,33,35H,8-9,11-14H2,1-3H3,(H2,29,30)/t22-,38?/m1/s1. The highest BCUT2D eigenvalue weighted by Crippen LogP contribution is 2.57. The summed E-state index contributed by atoms with van der Waals surface area (Å²) < 4.78 is 16.3. The minimum absolute atomic E-state index is 0.0107. The van der Waals surface area contributed by atoms with Gasteiger partial charge in [0, 0.05) is 46.5 Å². The summed E-state index contributed by atoms with van der Waals surface area (Å²) in [7, 11) is 0. The first-order valence-electron chi connectivity index (χ1n) is 12.8. The molecule has 38 heavy (non-hydrogen) atoms. The third kappa shape index (κ3) is 4.08. The zero-order valence-electron chi connectivity index (χ0n) is 21.6.